The zero-order valence-electron chi connectivity index (χ0n) is 31.7. The summed E-state index contributed by atoms with van der Waals surface area (Å²) in [5.74, 6) is 1.08. The Bertz CT molecular complexity index is 1560. The standard InChI is InChI=1S/C43H60N2O6S/c1-6-24-49-43-39(52-33-17-7-8-18-33)27-37(45-51-42(3,4)5)35-25-30(15-9-11-22-46)34(19-10-12-23-47)40(41(35)43)36-26-32(20-21-38(36)50-43)48-28-31-16-13-14-29(2)44-31/h6,13-14,16,20-21,25-26,30,33-34,39-41,46-47H,1,7-12,15,17-19,22-24,27-28H2,2-5H3/t30-,34+,39-,40+,41+,43+/m0/s1. The highest BCUT2D eigenvalue weighted by atomic mass is 32.2. The van der Waals surface area contributed by atoms with E-state index in [2.05, 4.69) is 29.8 Å². The van der Waals surface area contributed by atoms with Gasteiger partial charge in [0.1, 0.15) is 23.7 Å². The van der Waals surface area contributed by atoms with Crippen LogP contribution in [0.3, 0.4) is 0 Å². The molecule has 4 aliphatic rings. The van der Waals surface area contributed by atoms with Crippen LogP contribution in [0.25, 0.3) is 0 Å². The lowest BCUT2D eigenvalue weighted by Gasteiger charge is -2.58. The van der Waals surface area contributed by atoms with E-state index in [4.69, 9.17) is 24.2 Å². The molecule has 0 saturated heterocycles. The van der Waals surface area contributed by atoms with Gasteiger partial charge in [0.2, 0.25) is 5.79 Å². The number of rotatable bonds is 17. The first-order valence-corrected chi connectivity index (χ1v) is 20.6. The third-order valence-corrected chi connectivity index (χ3v) is 12.7. The van der Waals surface area contributed by atoms with Crippen molar-refractivity contribution in [2.75, 3.05) is 19.8 Å². The van der Waals surface area contributed by atoms with Crippen LogP contribution in [0.15, 0.2) is 65.9 Å². The van der Waals surface area contributed by atoms with Gasteiger partial charge in [0.25, 0.3) is 0 Å². The summed E-state index contributed by atoms with van der Waals surface area (Å²) in [6, 6.07) is 12.3. The van der Waals surface area contributed by atoms with Gasteiger partial charge in [-0.2, -0.15) is 0 Å². The van der Waals surface area contributed by atoms with Crippen LogP contribution in [0.1, 0.15) is 114 Å². The van der Waals surface area contributed by atoms with Crippen molar-refractivity contribution in [2.45, 2.75) is 133 Å². The molecule has 8 nitrogen and oxygen atoms in total. The normalized spacial score (nSPS) is 27.8. The van der Waals surface area contributed by atoms with E-state index in [0.29, 0.717) is 24.9 Å². The first kappa shape index (κ1) is 38.9. The SMILES string of the molecule is C=CCO[C@@]12Oc3ccc(OCc4cccc(C)n4)cc3[C@H]3[C@H](CCCCO)[C@@H](CCCCO)C=C(C(=NOC(C)(C)C)C[C@@H]1SC1CCCC1)[C@H]32. The molecule has 0 unspecified atom stereocenters. The fraction of sp³-hybridized carbons (Fsp3) is 0.628. The van der Waals surface area contributed by atoms with Crippen molar-refractivity contribution in [3.05, 3.63) is 77.7 Å². The van der Waals surface area contributed by atoms with Crippen molar-refractivity contribution in [3.63, 3.8) is 0 Å². The molecular formula is C43H60N2O6S. The molecule has 1 aromatic heterocycles. The van der Waals surface area contributed by atoms with E-state index >= 15 is 0 Å². The summed E-state index contributed by atoms with van der Waals surface area (Å²) < 4.78 is 20.9. The van der Waals surface area contributed by atoms with Gasteiger partial charge in [-0.3, -0.25) is 4.98 Å². The summed E-state index contributed by atoms with van der Waals surface area (Å²) >= 11 is 2.02. The van der Waals surface area contributed by atoms with Gasteiger partial charge in [-0.1, -0.05) is 49.1 Å². The predicted octanol–water partition coefficient (Wildman–Crippen LogP) is 9.08. The molecule has 3 aliphatic carbocycles. The summed E-state index contributed by atoms with van der Waals surface area (Å²) in [4.78, 5) is 10.9. The lowest BCUT2D eigenvalue weighted by atomic mass is 9.56. The molecule has 284 valence electrons. The van der Waals surface area contributed by atoms with Gasteiger partial charge in [-0.15, -0.1) is 18.3 Å². The Morgan fingerprint density at radius 2 is 1.83 bits per heavy atom. The van der Waals surface area contributed by atoms with E-state index in [-0.39, 0.29) is 42.1 Å². The number of benzene rings is 1. The molecular weight excluding hydrogens is 673 g/mol. The molecule has 0 radical (unpaired) electrons. The first-order chi connectivity index (χ1) is 25.2. The molecule has 1 aliphatic heterocycles. The van der Waals surface area contributed by atoms with Crippen molar-refractivity contribution in [1.82, 2.24) is 4.98 Å². The minimum atomic E-state index is -0.940. The lowest BCUT2D eigenvalue weighted by molar-refractivity contribution is -0.223. The number of pyridine rings is 1. The molecule has 9 heteroatoms. The number of aryl methyl sites for hydroxylation is 1. The summed E-state index contributed by atoms with van der Waals surface area (Å²) in [5, 5.41) is 25.2. The average molecular weight is 733 g/mol. The second-order valence-corrected chi connectivity index (χ2v) is 17.6. The number of allylic oxidation sites excluding steroid dienone is 1. The fourth-order valence-corrected chi connectivity index (χ4v) is 10.6. The van der Waals surface area contributed by atoms with Crippen LogP contribution in [-0.2, 0) is 16.2 Å². The van der Waals surface area contributed by atoms with E-state index in [1.807, 2.05) is 69.8 Å². The fourth-order valence-electron chi connectivity index (χ4n) is 8.82. The van der Waals surface area contributed by atoms with E-state index in [0.717, 1.165) is 78.3 Å². The second-order valence-electron chi connectivity index (χ2n) is 16.1. The zero-order valence-corrected chi connectivity index (χ0v) is 32.5. The maximum Gasteiger partial charge on any atom is 0.230 e. The molecule has 0 spiro atoms. The van der Waals surface area contributed by atoms with Gasteiger partial charge < -0.3 is 29.3 Å². The number of fused-ring (bicyclic) bond motifs is 2. The van der Waals surface area contributed by atoms with E-state index in [1.165, 1.54) is 25.7 Å². The van der Waals surface area contributed by atoms with Crippen molar-refractivity contribution in [1.29, 1.82) is 0 Å². The summed E-state index contributed by atoms with van der Waals surface area (Å²) in [5.41, 5.74) is 4.69. The van der Waals surface area contributed by atoms with Gasteiger partial charge in [-0.25, -0.2) is 0 Å². The van der Waals surface area contributed by atoms with E-state index in [1.54, 1.807) is 0 Å². The number of aromatic nitrogens is 1. The monoisotopic (exact) mass is 732 g/mol. The maximum atomic E-state index is 9.89. The molecule has 52 heavy (non-hydrogen) atoms. The van der Waals surface area contributed by atoms with Crippen LogP contribution in [0, 0.1) is 24.7 Å². The van der Waals surface area contributed by atoms with Gasteiger partial charge in [0.15, 0.2) is 0 Å². The highest BCUT2D eigenvalue weighted by Gasteiger charge is 2.64. The Hall–Kier alpha value is -2.85. The number of thioether (sulfide) groups is 1. The van der Waals surface area contributed by atoms with Crippen LogP contribution >= 0.6 is 11.8 Å². The zero-order chi connectivity index (χ0) is 36.7. The Labute approximate surface area is 315 Å². The number of unbranched alkanes of at least 4 members (excludes halogenated alkanes) is 2. The summed E-state index contributed by atoms with van der Waals surface area (Å²) in [7, 11) is 0. The molecule has 0 amide bonds. The van der Waals surface area contributed by atoms with Crippen LogP contribution in [0.2, 0.25) is 0 Å². The number of oxime groups is 1. The largest absolute Gasteiger partial charge is 0.487 e. The predicted molar refractivity (Wildman–Crippen MR) is 209 cm³/mol. The number of ether oxygens (including phenoxy) is 3. The Morgan fingerprint density at radius 3 is 2.54 bits per heavy atom. The number of aliphatic hydroxyl groups is 2. The van der Waals surface area contributed by atoms with Gasteiger partial charge in [-0.05, 0) is 114 Å². The summed E-state index contributed by atoms with van der Waals surface area (Å²) in [6.07, 6.45) is 15.2. The number of hydrogen-bond acceptors (Lipinski definition) is 9. The highest BCUT2D eigenvalue weighted by Crippen LogP contribution is 2.63. The minimum Gasteiger partial charge on any atom is -0.487 e. The molecule has 1 aromatic carbocycles. The second kappa shape index (κ2) is 17.5. The van der Waals surface area contributed by atoms with Crippen molar-refractivity contribution >= 4 is 17.5 Å². The Morgan fingerprint density at radius 1 is 1.06 bits per heavy atom. The van der Waals surface area contributed by atoms with Crippen LogP contribution in [0.4, 0.5) is 0 Å². The van der Waals surface area contributed by atoms with Gasteiger partial charge in [0, 0.05) is 42.1 Å². The molecule has 2 aromatic rings. The third kappa shape index (κ3) is 8.91. The molecule has 2 heterocycles. The lowest BCUT2D eigenvalue weighted by Crippen LogP contribution is -2.64. The average Bonchev–Trinajstić information content (AvgIpc) is 3.64. The van der Waals surface area contributed by atoms with Crippen molar-refractivity contribution in [3.8, 4) is 11.5 Å². The number of aliphatic hydroxyl groups excluding tert-OH is 2. The Balaban J connectivity index is 1.51. The van der Waals surface area contributed by atoms with Crippen LogP contribution < -0.4 is 9.47 Å². The number of hydrogen-bond donors (Lipinski definition) is 2. The van der Waals surface area contributed by atoms with Gasteiger partial charge >= 0.3 is 0 Å². The molecule has 6 atom stereocenters. The topological polar surface area (TPSA) is 103 Å². The van der Waals surface area contributed by atoms with Gasteiger partial charge in [0.05, 0.1) is 29.2 Å². The van der Waals surface area contributed by atoms with Crippen molar-refractivity contribution < 1.29 is 29.3 Å². The maximum absolute atomic E-state index is 9.89. The minimum absolute atomic E-state index is 0.0111. The molecule has 2 fully saturated rings. The van der Waals surface area contributed by atoms with E-state index in [9.17, 15) is 10.2 Å². The molecule has 2 saturated carbocycles. The quantitative estimate of drug-likeness (QED) is 0.0944. The molecule has 2 N–H and O–H groups in total. The van der Waals surface area contributed by atoms with Crippen LogP contribution in [-0.4, -0.2) is 62.6 Å². The Kier molecular flexibility index (Phi) is 13.1. The number of nitrogens with zero attached hydrogens (tertiary/aromatic N) is 2. The molecule has 6 rings (SSSR count). The highest BCUT2D eigenvalue weighted by molar-refractivity contribution is 8.00. The van der Waals surface area contributed by atoms with Crippen LogP contribution in [0.5, 0.6) is 11.5 Å². The molecule has 0 bridgehead atoms. The smallest absolute Gasteiger partial charge is 0.230 e. The van der Waals surface area contributed by atoms with E-state index < -0.39 is 11.4 Å². The summed E-state index contributed by atoms with van der Waals surface area (Å²) in [6.45, 7) is 13.3. The third-order valence-electron chi connectivity index (χ3n) is 11.0. The van der Waals surface area contributed by atoms with Crippen molar-refractivity contribution in [2.24, 2.45) is 22.9 Å². The first-order valence-electron chi connectivity index (χ1n) is 19.6.